The highest BCUT2D eigenvalue weighted by Crippen LogP contribution is 2.72. The highest BCUT2D eigenvalue weighted by Gasteiger charge is 2.79. The number of hydrogen-bond donors (Lipinski definition) is 1. The molecular formula is C34H43F3O8S. The fourth-order valence-electron chi connectivity index (χ4n) is 8.30. The van der Waals surface area contributed by atoms with Crippen LogP contribution in [0.25, 0.3) is 0 Å². The van der Waals surface area contributed by atoms with Crippen molar-refractivity contribution in [1.82, 2.24) is 0 Å². The maximum Gasteiger partial charge on any atom is 0.374 e. The van der Waals surface area contributed by atoms with E-state index in [1.165, 1.54) is 37.5 Å². The topological polar surface area (TPSA) is 120 Å². The molecule has 10 atom stereocenters. The van der Waals surface area contributed by atoms with Gasteiger partial charge in [-0.15, -0.1) is 0 Å². The highest BCUT2D eigenvalue weighted by molar-refractivity contribution is 8.13. The van der Waals surface area contributed by atoms with E-state index in [1.54, 1.807) is 27.7 Å². The summed E-state index contributed by atoms with van der Waals surface area (Å²) >= 11 is 0.367. The molecule has 0 radical (unpaired) electrons. The fourth-order valence-corrected chi connectivity index (χ4v) is 9.09. The van der Waals surface area contributed by atoms with E-state index in [-0.39, 0.29) is 43.1 Å². The van der Waals surface area contributed by atoms with Crippen LogP contribution in [0.15, 0.2) is 46.6 Å². The summed E-state index contributed by atoms with van der Waals surface area (Å²) < 4.78 is 64.7. The molecule has 4 aliphatic carbocycles. The summed E-state index contributed by atoms with van der Waals surface area (Å²) in [6, 6.07) is 1.76. The van der Waals surface area contributed by atoms with Gasteiger partial charge in [0.1, 0.15) is 18.3 Å². The van der Waals surface area contributed by atoms with Crippen LogP contribution in [0.4, 0.5) is 13.2 Å². The van der Waals surface area contributed by atoms with E-state index in [1.807, 2.05) is 6.92 Å². The van der Waals surface area contributed by atoms with Gasteiger partial charge in [0.15, 0.2) is 17.1 Å². The molecule has 1 aromatic heterocycles. The minimum absolute atomic E-state index is 0.0369. The molecule has 5 rings (SSSR count). The summed E-state index contributed by atoms with van der Waals surface area (Å²) in [6.07, 6.45) is 1.88. The summed E-state index contributed by atoms with van der Waals surface area (Å²) in [6.45, 7) is 10.1. The van der Waals surface area contributed by atoms with Crippen molar-refractivity contribution in [3.8, 4) is 0 Å². The van der Waals surface area contributed by atoms with Crippen molar-refractivity contribution >= 4 is 34.6 Å². The number of furan rings is 1. The number of halogens is 3. The Bertz CT molecular complexity index is 1390. The molecule has 0 spiro atoms. The number of allylic oxidation sites excluding steroid dienone is 4. The molecule has 8 nitrogen and oxygen atoms in total. The third-order valence-corrected chi connectivity index (χ3v) is 11.4. The van der Waals surface area contributed by atoms with Gasteiger partial charge in [-0.3, -0.25) is 14.4 Å². The molecule has 1 heterocycles. The number of ketones is 1. The Hall–Kier alpha value is -2.86. The zero-order chi connectivity index (χ0) is 34.2. The minimum Gasteiger partial charge on any atom is -0.457 e. The number of carbonyl (C=O) groups excluding carboxylic acids is 4. The molecule has 0 bridgehead atoms. The largest absolute Gasteiger partial charge is 0.457 e. The number of thioether (sulfide) groups is 1. The average molecular weight is 669 g/mol. The number of fused-ring (bicyclic) bond motifs is 5. The van der Waals surface area contributed by atoms with Crippen molar-refractivity contribution in [2.45, 2.75) is 103 Å². The van der Waals surface area contributed by atoms with Crippen LogP contribution in [0.3, 0.4) is 0 Å². The summed E-state index contributed by atoms with van der Waals surface area (Å²) in [5.74, 6) is -4.80. The van der Waals surface area contributed by atoms with Crippen LogP contribution in [0.2, 0.25) is 0 Å². The van der Waals surface area contributed by atoms with Crippen LogP contribution in [-0.2, 0) is 23.9 Å². The van der Waals surface area contributed by atoms with Gasteiger partial charge in [-0.25, -0.2) is 18.0 Å². The Kier molecular flexibility index (Phi) is 10.4. The number of alkyl halides is 3. The Morgan fingerprint density at radius 3 is 2.43 bits per heavy atom. The van der Waals surface area contributed by atoms with Crippen LogP contribution >= 0.6 is 11.8 Å². The van der Waals surface area contributed by atoms with Gasteiger partial charge in [0.25, 0.3) is 0 Å². The van der Waals surface area contributed by atoms with Crippen LogP contribution in [0.5, 0.6) is 0 Å². The molecule has 0 amide bonds. The predicted molar refractivity (Wildman–Crippen MR) is 165 cm³/mol. The second-order valence-electron chi connectivity index (χ2n) is 13.2. The SMILES string of the molecule is CCC(=O)O[C@]1(C(=O)SCF)[C@H](C)C[C@H]2[C@@H]3C[C@H](F)C4=CC(=O)C=C[C@]4(C)[C@@]3(F)[C@@H](OC(=O)c3ccco3)C[C@@]21C.CCC(C)O. The molecule has 3 fully saturated rings. The van der Waals surface area contributed by atoms with E-state index in [4.69, 9.17) is 19.0 Å². The third kappa shape index (κ3) is 5.56. The molecule has 3 saturated carbocycles. The molecule has 0 aliphatic heterocycles. The van der Waals surface area contributed by atoms with E-state index in [0.717, 1.165) is 12.5 Å². The van der Waals surface area contributed by atoms with Crippen LogP contribution in [0, 0.1) is 28.6 Å². The Balaban J connectivity index is 0.000000892. The monoisotopic (exact) mass is 668 g/mol. The van der Waals surface area contributed by atoms with Crippen molar-refractivity contribution < 1.29 is 51.3 Å². The lowest BCUT2D eigenvalue weighted by molar-refractivity contribution is -0.228. The molecular weight excluding hydrogens is 625 g/mol. The van der Waals surface area contributed by atoms with Crippen LogP contribution in [-0.4, -0.2) is 63.6 Å². The molecule has 1 aromatic rings. The zero-order valence-corrected chi connectivity index (χ0v) is 27.8. The average Bonchev–Trinajstić information content (AvgIpc) is 3.62. The van der Waals surface area contributed by atoms with Gasteiger partial charge in [-0.1, -0.05) is 33.8 Å². The number of aliphatic hydroxyl groups is 1. The molecule has 1 N–H and O–H groups in total. The molecule has 254 valence electrons. The Morgan fingerprint density at radius 1 is 1.20 bits per heavy atom. The van der Waals surface area contributed by atoms with E-state index in [2.05, 4.69) is 0 Å². The Morgan fingerprint density at radius 2 is 1.87 bits per heavy atom. The number of aliphatic hydroxyl groups excluding tert-OH is 1. The van der Waals surface area contributed by atoms with Crippen molar-refractivity contribution in [3.63, 3.8) is 0 Å². The fraction of sp³-hybridized carbons (Fsp3) is 0.647. The number of esters is 2. The predicted octanol–water partition coefficient (Wildman–Crippen LogP) is 6.66. The minimum atomic E-state index is -2.41. The molecule has 46 heavy (non-hydrogen) atoms. The van der Waals surface area contributed by atoms with E-state index >= 15 is 8.78 Å². The lowest BCUT2D eigenvalue weighted by atomic mass is 9.44. The van der Waals surface area contributed by atoms with Gasteiger partial charge in [-0.2, -0.15) is 0 Å². The van der Waals surface area contributed by atoms with Gasteiger partial charge in [0.2, 0.25) is 10.9 Å². The second kappa shape index (κ2) is 13.3. The summed E-state index contributed by atoms with van der Waals surface area (Å²) in [5, 5.41) is 7.64. The lowest BCUT2D eigenvalue weighted by Gasteiger charge is -2.63. The molecule has 4 aliphatic rings. The van der Waals surface area contributed by atoms with Crippen molar-refractivity contribution in [1.29, 1.82) is 0 Å². The number of carbonyl (C=O) groups is 4. The van der Waals surface area contributed by atoms with Crippen molar-refractivity contribution in [2.24, 2.45) is 28.6 Å². The first-order valence-electron chi connectivity index (χ1n) is 15.7. The van der Waals surface area contributed by atoms with Crippen molar-refractivity contribution in [3.05, 3.63) is 48.0 Å². The molecule has 0 aromatic carbocycles. The standard InChI is InChI=1S/C30H33F3O7S.C4H10O/c1-5-24(35)40-30(26(37)41-15-31)16(2)11-18-19-13-21(32)20-12-17(34)8-9-27(20,3)29(19,33)23(14-28(18,30)4)39-25(36)22-7-6-10-38-22;1-3-4(2)5/h6-10,12,16,18-19,21,23H,5,11,13-15H2,1-4H3;4-5H,3H2,1-2H3/t16-,18+,19+,21+,23+,27+,28+,29+,30+;/m1./s1. The van der Waals surface area contributed by atoms with Crippen molar-refractivity contribution in [2.75, 3.05) is 6.01 Å². The number of ether oxygens (including phenoxy) is 2. The quantitative estimate of drug-likeness (QED) is 0.318. The first kappa shape index (κ1) is 36.0. The maximum atomic E-state index is 18.2. The number of rotatable bonds is 7. The third-order valence-electron chi connectivity index (χ3n) is 10.8. The van der Waals surface area contributed by atoms with Gasteiger partial charge >= 0.3 is 11.9 Å². The molecule has 0 saturated heterocycles. The normalized spacial score (nSPS) is 38.3. The second-order valence-corrected chi connectivity index (χ2v) is 14.1. The summed E-state index contributed by atoms with van der Waals surface area (Å²) in [7, 11) is 0. The smallest absolute Gasteiger partial charge is 0.374 e. The van der Waals surface area contributed by atoms with E-state index in [9.17, 15) is 23.6 Å². The summed E-state index contributed by atoms with van der Waals surface area (Å²) in [5.41, 5.74) is -7.34. The lowest BCUT2D eigenvalue weighted by Crippen LogP contribution is -2.71. The van der Waals surface area contributed by atoms with Crippen LogP contribution in [0.1, 0.15) is 84.2 Å². The van der Waals surface area contributed by atoms with Gasteiger partial charge in [0, 0.05) is 29.1 Å². The zero-order valence-electron chi connectivity index (χ0n) is 27.0. The van der Waals surface area contributed by atoms with Crippen LogP contribution < -0.4 is 0 Å². The van der Waals surface area contributed by atoms with E-state index < -0.39 is 81.0 Å². The van der Waals surface area contributed by atoms with Gasteiger partial charge in [0.05, 0.1) is 12.4 Å². The van der Waals surface area contributed by atoms with Gasteiger partial charge < -0.3 is 19.0 Å². The molecule has 12 heteroatoms. The molecule has 1 unspecified atom stereocenters. The first-order valence-corrected chi connectivity index (χ1v) is 16.7. The summed E-state index contributed by atoms with van der Waals surface area (Å²) in [4.78, 5) is 52.0. The number of hydrogen-bond acceptors (Lipinski definition) is 9. The Labute approximate surface area is 271 Å². The first-order chi connectivity index (χ1) is 21.6. The van der Waals surface area contributed by atoms with E-state index in [0.29, 0.717) is 11.8 Å². The maximum absolute atomic E-state index is 18.2. The van der Waals surface area contributed by atoms with Gasteiger partial charge in [-0.05, 0) is 87.1 Å². The highest BCUT2D eigenvalue weighted by atomic mass is 32.2.